The number of ether oxygens (including phenoxy) is 1. The van der Waals surface area contributed by atoms with E-state index >= 15 is 0 Å². The third-order valence-corrected chi connectivity index (χ3v) is 4.28. The average molecular weight is 297 g/mol. The molecule has 0 bridgehead atoms. The highest BCUT2D eigenvalue weighted by atomic mass is 16.5. The Kier molecular flexibility index (Phi) is 7.26. The molecule has 0 amide bonds. The van der Waals surface area contributed by atoms with E-state index in [1.165, 1.54) is 39.0 Å². The monoisotopic (exact) mass is 297 g/mol. The van der Waals surface area contributed by atoms with Crippen molar-refractivity contribution in [2.45, 2.75) is 25.4 Å². The van der Waals surface area contributed by atoms with E-state index in [2.05, 4.69) is 32.5 Å². The Morgan fingerprint density at radius 2 is 2.10 bits per heavy atom. The molecule has 21 heavy (non-hydrogen) atoms. The zero-order valence-corrected chi connectivity index (χ0v) is 13.6. The van der Waals surface area contributed by atoms with Gasteiger partial charge in [0.15, 0.2) is 5.96 Å². The summed E-state index contributed by atoms with van der Waals surface area (Å²) in [5.74, 6) is 0.887. The summed E-state index contributed by atoms with van der Waals surface area (Å²) >= 11 is 0. The van der Waals surface area contributed by atoms with Gasteiger partial charge in [-0.1, -0.05) is 0 Å². The van der Waals surface area contributed by atoms with Gasteiger partial charge in [-0.05, 0) is 39.4 Å². The molecule has 1 unspecified atom stereocenters. The number of nitrogens with zero attached hydrogens (tertiary/aromatic N) is 3. The Balaban J connectivity index is 1.59. The first-order chi connectivity index (χ1) is 10.3. The normalized spacial score (nSPS) is 25.8. The Hall–Kier alpha value is -0.850. The van der Waals surface area contributed by atoms with Gasteiger partial charge in [0.25, 0.3) is 0 Å². The number of likely N-dealkylation sites (N-methyl/N-ethyl adjacent to an activating group) is 1. The summed E-state index contributed by atoms with van der Waals surface area (Å²) in [7, 11) is 4.03. The van der Waals surface area contributed by atoms with Crippen molar-refractivity contribution in [1.82, 2.24) is 20.4 Å². The minimum Gasteiger partial charge on any atom is -0.376 e. The van der Waals surface area contributed by atoms with Crippen LogP contribution in [-0.4, -0.2) is 88.4 Å². The molecule has 2 aliphatic rings. The molecule has 6 heteroatoms. The lowest BCUT2D eigenvalue weighted by molar-refractivity contribution is 0.114. The Labute approximate surface area is 128 Å². The molecule has 0 saturated carbocycles. The number of hydrogen-bond donors (Lipinski definition) is 2. The maximum Gasteiger partial charge on any atom is 0.191 e. The highest BCUT2D eigenvalue weighted by molar-refractivity contribution is 5.79. The van der Waals surface area contributed by atoms with Crippen molar-refractivity contribution in [3.63, 3.8) is 0 Å². The lowest BCUT2D eigenvalue weighted by Crippen LogP contribution is -2.44. The molecule has 2 rings (SSSR count). The van der Waals surface area contributed by atoms with E-state index in [0.29, 0.717) is 6.10 Å². The second-order valence-corrected chi connectivity index (χ2v) is 6.01. The van der Waals surface area contributed by atoms with E-state index in [1.807, 2.05) is 7.05 Å². The molecule has 2 N–H and O–H groups in total. The number of guanidine groups is 1. The van der Waals surface area contributed by atoms with E-state index in [-0.39, 0.29) is 0 Å². The highest BCUT2D eigenvalue weighted by Gasteiger charge is 2.15. The molecule has 0 aromatic rings. The molecule has 2 aliphatic heterocycles. The van der Waals surface area contributed by atoms with Crippen LogP contribution in [0, 0.1) is 0 Å². The van der Waals surface area contributed by atoms with Gasteiger partial charge in [0.2, 0.25) is 0 Å². The zero-order valence-electron chi connectivity index (χ0n) is 13.6. The summed E-state index contributed by atoms with van der Waals surface area (Å²) in [6.45, 7) is 8.54. The van der Waals surface area contributed by atoms with Crippen LogP contribution in [0.25, 0.3) is 0 Å². The smallest absolute Gasteiger partial charge is 0.191 e. The maximum atomic E-state index is 5.61. The van der Waals surface area contributed by atoms with Gasteiger partial charge in [-0.15, -0.1) is 0 Å². The van der Waals surface area contributed by atoms with Gasteiger partial charge in [0.05, 0.1) is 6.10 Å². The standard InChI is InChI=1S/C15H31N5O/c1-16-15(18-13-14-5-3-12-21-14)17-6-9-20-8-4-7-19(2)10-11-20/h14H,3-13H2,1-2H3,(H2,16,17,18). The van der Waals surface area contributed by atoms with Crippen molar-refractivity contribution in [2.75, 3.05) is 66.5 Å². The number of hydrogen-bond acceptors (Lipinski definition) is 4. The topological polar surface area (TPSA) is 52.1 Å². The molecule has 2 fully saturated rings. The Morgan fingerprint density at radius 3 is 2.86 bits per heavy atom. The van der Waals surface area contributed by atoms with Gasteiger partial charge in [-0.25, -0.2) is 0 Å². The Morgan fingerprint density at radius 1 is 1.19 bits per heavy atom. The van der Waals surface area contributed by atoms with Gasteiger partial charge < -0.3 is 25.2 Å². The van der Waals surface area contributed by atoms with Crippen LogP contribution >= 0.6 is 0 Å². The average Bonchev–Trinajstić information content (AvgIpc) is 2.92. The lowest BCUT2D eigenvalue weighted by Gasteiger charge is -2.21. The largest absolute Gasteiger partial charge is 0.376 e. The maximum absolute atomic E-state index is 5.61. The van der Waals surface area contributed by atoms with E-state index in [9.17, 15) is 0 Å². The minimum absolute atomic E-state index is 0.352. The zero-order chi connectivity index (χ0) is 14.9. The first-order valence-electron chi connectivity index (χ1n) is 8.25. The fraction of sp³-hybridized carbons (Fsp3) is 0.933. The molecule has 2 saturated heterocycles. The van der Waals surface area contributed by atoms with Gasteiger partial charge in [0, 0.05) is 46.4 Å². The SMILES string of the molecule is CN=C(NCCN1CCCN(C)CC1)NCC1CCCO1. The van der Waals surface area contributed by atoms with E-state index < -0.39 is 0 Å². The second-order valence-electron chi connectivity index (χ2n) is 6.01. The van der Waals surface area contributed by atoms with E-state index in [1.54, 1.807) is 0 Å². The quantitative estimate of drug-likeness (QED) is 0.551. The number of nitrogens with one attached hydrogen (secondary N) is 2. The molecule has 0 aromatic heterocycles. The van der Waals surface area contributed by atoms with Crippen LogP contribution in [-0.2, 0) is 4.74 Å². The van der Waals surface area contributed by atoms with Gasteiger partial charge in [-0.3, -0.25) is 4.99 Å². The molecular formula is C15H31N5O. The molecule has 2 heterocycles. The summed E-state index contributed by atoms with van der Waals surface area (Å²) in [6, 6.07) is 0. The van der Waals surface area contributed by atoms with Gasteiger partial charge in [-0.2, -0.15) is 0 Å². The summed E-state index contributed by atoms with van der Waals surface area (Å²) in [4.78, 5) is 9.22. The summed E-state index contributed by atoms with van der Waals surface area (Å²) < 4.78 is 5.61. The van der Waals surface area contributed by atoms with Crippen LogP contribution in [0.3, 0.4) is 0 Å². The highest BCUT2D eigenvalue weighted by Crippen LogP contribution is 2.10. The van der Waals surface area contributed by atoms with Crippen molar-refractivity contribution >= 4 is 5.96 Å². The van der Waals surface area contributed by atoms with Gasteiger partial charge >= 0.3 is 0 Å². The van der Waals surface area contributed by atoms with Crippen molar-refractivity contribution in [2.24, 2.45) is 4.99 Å². The molecule has 1 atom stereocenters. The summed E-state index contributed by atoms with van der Waals surface area (Å²) in [5, 5.41) is 6.76. The van der Waals surface area contributed by atoms with E-state index in [0.717, 1.165) is 38.6 Å². The van der Waals surface area contributed by atoms with Crippen molar-refractivity contribution < 1.29 is 4.74 Å². The van der Waals surface area contributed by atoms with Crippen LogP contribution in [0.2, 0.25) is 0 Å². The van der Waals surface area contributed by atoms with Crippen LogP contribution in [0.4, 0.5) is 0 Å². The molecule has 0 radical (unpaired) electrons. The molecule has 0 aliphatic carbocycles. The number of rotatable bonds is 5. The predicted molar refractivity (Wildman–Crippen MR) is 86.9 cm³/mol. The first-order valence-corrected chi connectivity index (χ1v) is 8.25. The van der Waals surface area contributed by atoms with Crippen LogP contribution in [0.15, 0.2) is 4.99 Å². The summed E-state index contributed by atoms with van der Waals surface area (Å²) in [6.07, 6.45) is 3.96. The van der Waals surface area contributed by atoms with Crippen LogP contribution in [0.5, 0.6) is 0 Å². The van der Waals surface area contributed by atoms with E-state index in [4.69, 9.17) is 4.74 Å². The third kappa shape index (κ3) is 6.20. The Bertz CT molecular complexity index is 317. The van der Waals surface area contributed by atoms with Gasteiger partial charge in [0.1, 0.15) is 0 Å². The molecule has 122 valence electrons. The van der Waals surface area contributed by atoms with Crippen molar-refractivity contribution in [3.05, 3.63) is 0 Å². The fourth-order valence-electron chi connectivity index (χ4n) is 2.89. The molecular weight excluding hydrogens is 266 g/mol. The summed E-state index contributed by atoms with van der Waals surface area (Å²) in [5.41, 5.74) is 0. The molecule has 6 nitrogen and oxygen atoms in total. The molecule has 0 aromatic carbocycles. The first kappa shape index (κ1) is 16.5. The van der Waals surface area contributed by atoms with Crippen molar-refractivity contribution in [3.8, 4) is 0 Å². The third-order valence-electron chi connectivity index (χ3n) is 4.28. The lowest BCUT2D eigenvalue weighted by atomic mass is 10.2. The van der Waals surface area contributed by atoms with Crippen LogP contribution in [0.1, 0.15) is 19.3 Å². The number of aliphatic imine (C=N–C) groups is 1. The fourth-order valence-corrected chi connectivity index (χ4v) is 2.89. The minimum atomic E-state index is 0.352. The van der Waals surface area contributed by atoms with Crippen LogP contribution < -0.4 is 10.6 Å². The molecule has 0 spiro atoms. The second kappa shape index (κ2) is 9.23. The predicted octanol–water partition coefficient (Wildman–Crippen LogP) is -0.0321. The van der Waals surface area contributed by atoms with Crippen molar-refractivity contribution in [1.29, 1.82) is 0 Å².